The van der Waals surface area contributed by atoms with Gasteiger partial charge in [0.2, 0.25) is 0 Å². The van der Waals surface area contributed by atoms with Crippen LogP contribution in [0.2, 0.25) is 0 Å². The number of benzene rings is 2. The van der Waals surface area contributed by atoms with Crippen LogP contribution in [-0.4, -0.2) is 68.9 Å². The van der Waals surface area contributed by atoms with Crippen molar-refractivity contribution in [1.82, 2.24) is 25.1 Å². The molecule has 3 aromatic heterocycles. The van der Waals surface area contributed by atoms with Crippen molar-refractivity contribution < 1.29 is 19.0 Å². The Morgan fingerprint density at radius 2 is 1.98 bits per heavy atom. The first-order chi connectivity index (χ1) is 23.0. The largest absolute Gasteiger partial charge is 0.491 e. The van der Waals surface area contributed by atoms with Crippen molar-refractivity contribution in [2.75, 3.05) is 37.5 Å². The molecule has 0 unspecified atom stereocenters. The minimum atomic E-state index is -1.09. The summed E-state index contributed by atoms with van der Waals surface area (Å²) in [6.45, 7) is 6.86. The molecule has 13 heteroatoms. The van der Waals surface area contributed by atoms with Crippen LogP contribution in [0, 0.1) is 24.6 Å². The van der Waals surface area contributed by atoms with Crippen LogP contribution >= 0.6 is 22.7 Å². The van der Waals surface area contributed by atoms with E-state index >= 15 is 0 Å². The van der Waals surface area contributed by atoms with E-state index in [0.717, 1.165) is 39.3 Å². The second-order valence-electron chi connectivity index (χ2n) is 12.2. The predicted molar refractivity (Wildman–Crippen MR) is 189 cm³/mol. The van der Waals surface area contributed by atoms with E-state index in [1.807, 2.05) is 68.9 Å². The number of fused-ring (bicyclic) bond motifs is 2. The number of ether oxygens (including phenoxy) is 1. The lowest BCUT2D eigenvalue weighted by atomic mass is 10.0. The van der Waals surface area contributed by atoms with Gasteiger partial charge in [0.15, 0.2) is 39.2 Å². The minimum absolute atomic E-state index is 0.00989. The van der Waals surface area contributed by atoms with Gasteiger partial charge in [-0.1, -0.05) is 35.3 Å². The third-order valence-electron chi connectivity index (χ3n) is 8.39. The second-order valence-corrected chi connectivity index (χ2v) is 14.3. The predicted octanol–water partition coefficient (Wildman–Crippen LogP) is 7.22. The Bertz CT molecular complexity index is 2010. The number of nitrogens with zero attached hydrogens (tertiary/aromatic N) is 6. The van der Waals surface area contributed by atoms with Crippen LogP contribution in [0.1, 0.15) is 58.7 Å². The average molecular weight is 686 g/mol. The first-order valence-corrected chi connectivity index (χ1v) is 17.3. The number of carbonyl (C=O) groups is 1. The standard InChI is InChI=1S/C35H36FN7O3S2/c1-21-23-10-8-18-43(31(23)41-40-30(21)39-33-37-25-11-6-7-12-27(25)47-33)34-38-29(32(44)45)28(48-34)13-9-19-46-26-15-14-22(20-24(26)36)16-17-35(2,3)42(4)5/h6-7,11-12,14-15,20H,8-10,13,18-19H2,1-5H3,(H,44,45)(H,37,39,40). The highest BCUT2D eigenvalue weighted by Gasteiger charge is 2.28. The minimum Gasteiger partial charge on any atom is -0.491 e. The average Bonchev–Trinajstić information content (AvgIpc) is 3.68. The fourth-order valence-corrected chi connectivity index (χ4v) is 7.14. The zero-order chi connectivity index (χ0) is 34.0. The fraction of sp³-hybridized carbons (Fsp3) is 0.343. The van der Waals surface area contributed by atoms with E-state index in [0.29, 0.717) is 46.6 Å². The van der Waals surface area contributed by atoms with Crippen molar-refractivity contribution in [3.05, 3.63) is 75.5 Å². The van der Waals surface area contributed by atoms with Gasteiger partial charge >= 0.3 is 5.97 Å². The Labute approximate surface area is 286 Å². The quantitative estimate of drug-likeness (QED) is 0.115. The molecule has 0 saturated heterocycles. The van der Waals surface area contributed by atoms with Crippen LogP contribution in [0.5, 0.6) is 5.75 Å². The van der Waals surface area contributed by atoms with Gasteiger partial charge in [0.25, 0.3) is 0 Å². The van der Waals surface area contributed by atoms with Crippen molar-refractivity contribution in [2.24, 2.45) is 0 Å². The molecule has 5 aromatic rings. The van der Waals surface area contributed by atoms with Gasteiger partial charge in [-0.2, -0.15) is 0 Å². The van der Waals surface area contributed by atoms with E-state index in [1.54, 1.807) is 23.5 Å². The highest BCUT2D eigenvalue weighted by Crippen LogP contribution is 2.39. The summed E-state index contributed by atoms with van der Waals surface area (Å²) in [5, 5.41) is 23.7. The number of anilines is 4. The number of aromatic nitrogens is 4. The van der Waals surface area contributed by atoms with E-state index in [2.05, 4.69) is 37.3 Å². The van der Waals surface area contributed by atoms with Gasteiger partial charge < -0.3 is 20.1 Å². The molecule has 1 aliphatic rings. The molecule has 10 nitrogen and oxygen atoms in total. The Morgan fingerprint density at radius 1 is 1.17 bits per heavy atom. The smallest absolute Gasteiger partial charge is 0.355 e. The maximum absolute atomic E-state index is 14.8. The number of hydrogen-bond acceptors (Lipinski definition) is 11. The lowest BCUT2D eigenvalue weighted by Crippen LogP contribution is -2.36. The number of aryl methyl sites for hydroxylation is 1. The number of rotatable bonds is 10. The zero-order valence-electron chi connectivity index (χ0n) is 27.4. The third kappa shape index (κ3) is 7.11. The summed E-state index contributed by atoms with van der Waals surface area (Å²) < 4.78 is 21.6. The Hall–Kier alpha value is -4.64. The molecule has 248 valence electrons. The summed E-state index contributed by atoms with van der Waals surface area (Å²) in [7, 11) is 3.89. The summed E-state index contributed by atoms with van der Waals surface area (Å²) in [6.07, 6.45) is 2.58. The number of para-hydroxylation sites is 1. The van der Waals surface area contributed by atoms with Gasteiger partial charge in [-0.25, -0.2) is 19.2 Å². The number of carboxylic acids is 1. The normalized spacial score (nSPS) is 12.9. The molecule has 2 N–H and O–H groups in total. The molecule has 48 heavy (non-hydrogen) atoms. The fourth-order valence-electron chi connectivity index (χ4n) is 5.15. The van der Waals surface area contributed by atoms with Gasteiger partial charge in [-0.15, -0.1) is 21.5 Å². The molecule has 6 rings (SSSR count). The number of carboxylic acid groups (broad SMARTS) is 1. The molecule has 0 fully saturated rings. The molecular weight excluding hydrogens is 650 g/mol. The van der Waals surface area contributed by atoms with Crippen molar-refractivity contribution >= 4 is 60.8 Å². The number of aromatic carboxylic acids is 1. The number of halogens is 1. The van der Waals surface area contributed by atoms with Crippen LogP contribution in [0.4, 0.5) is 26.3 Å². The zero-order valence-corrected chi connectivity index (χ0v) is 29.1. The number of nitrogens with one attached hydrogen (secondary N) is 1. The Balaban J connectivity index is 1.13. The first kappa shape index (κ1) is 33.3. The van der Waals surface area contributed by atoms with Gasteiger partial charge in [0, 0.05) is 28.1 Å². The molecule has 4 heterocycles. The molecule has 0 aliphatic carbocycles. The maximum Gasteiger partial charge on any atom is 0.355 e. The van der Waals surface area contributed by atoms with Crippen LogP contribution in [0.15, 0.2) is 42.5 Å². The highest BCUT2D eigenvalue weighted by atomic mass is 32.1. The van der Waals surface area contributed by atoms with Crippen LogP contribution in [0.3, 0.4) is 0 Å². The number of hydrogen-bond donors (Lipinski definition) is 2. The molecule has 0 radical (unpaired) electrons. The Morgan fingerprint density at radius 3 is 2.73 bits per heavy atom. The summed E-state index contributed by atoms with van der Waals surface area (Å²) in [5.74, 6) is 6.06. The van der Waals surface area contributed by atoms with Crippen LogP contribution in [-0.2, 0) is 12.8 Å². The molecule has 1 aliphatic heterocycles. The SMILES string of the molecule is Cc1c(Nc2nc3ccccc3s2)nnc2c1CCCN2c1nc(C(=O)O)c(CCCOc2ccc(C#CC(C)(C)N(C)C)cc2F)s1. The van der Waals surface area contributed by atoms with E-state index in [9.17, 15) is 14.3 Å². The van der Waals surface area contributed by atoms with Gasteiger partial charge in [0.1, 0.15) is 0 Å². The first-order valence-electron chi connectivity index (χ1n) is 15.6. The van der Waals surface area contributed by atoms with Gasteiger partial charge in [-0.3, -0.25) is 4.90 Å². The molecular formula is C35H36FN7O3S2. The third-order valence-corrected chi connectivity index (χ3v) is 10.5. The number of thiazole rings is 2. The van der Waals surface area contributed by atoms with Crippen molar-refractivity contribution in [2.45, 2.75) is 52.0 Å². The van der Waals surface area contributed by atoms with Gasteiger partial charge in [0.05, 0.1) is 22.4 Å². The Kier molecular flexibility index (Phi) is 9.59. The summed E-state index contributed by atoms with van der Waals surface area (Å²) >= 11 is 2.88. The topological polar surface area (TPSA) is 117 Å². The lowest BCUT2D eigenvalue weighted by molar-refractivity contribution is 0.0690. The molecule has 0 amide bonds. The van der Waals surface area contributed by atoms with Crippen molar-refractivity contribution in [3.8, 4) is 17.6 Å². The van der Waals surface area contributed by atoms with Crippen LogP contribution in [0.25, 0.3) is 10.2 Å². The highest BCUT2D eigenvalue weighted by molar-refractivity contribution is 7.22. The van der Waals surface area contributed by atoms with Crippen LogP contribution < -0.4 is 15.0 Å². The molecule has 0 bridgehead atoms. The van der Waals surface area contributed by atoms with E-state index in [-0.39, 0.29) is 23.6 Å². The summed E-state index contributed by atoms with van der Waals surface area (Å²) in [6, 6.07) is 12.6. The van der Waals surface area contributed by atoms with Gasteiger partial charge in [-0.05, 0) is 90.9 Å². The molecule has 0 saturated carbocycles. The summed E-state index contributed by atoms with van der Waals surface area (Å²) in [5.41, 5.74) is 3.17. The molecule has 2 aromatic carbocycles. The van der Waals surface area contributed by atoms with Crippen molar-refractivity contribution in [3.63, 3.8) is 0 Å². The summed E-state index contributed by atoms with van der Waals surface area (Å²) in [4.78, 5) is 25.9. The van der Waals surface area contributed by atoms with Crippen molar-refractivity contribution in [1.29, 1.82) is 0 Å². The lowest BCUT2D eigenvalue weighted by Gasteiger charge is -2.28. The molecule has 0 spiro atoms. The second kappa shape index (κ2) is 13.8. The van der Waals surface area contributed by atoms with E-state index < -0.39 is 11.8 Å². The molecule has 0 atom stereocenters. The monoisotopic (exact) mass is 685 g/mol. The maximum atomic E-state index is 14.8. The van der Waals surface area contributed by atoms with E-state index in [1.165, 1.54) is 17.4 Å². The van der Waals surface area contributed by atoms with E-state index in [4.69, 9.17) is 4.74 Å².